The van der Waals surface area contributed by atoms with Crippen LogP contribution >= 0.6 is 0 Å². The van der Waals surface area contributed by atoms with Crippen molar-refractivity contribution in [3.05, 3.63) is 42.5 Å². The van der Waals surface area contributed by atoms with E-state index < -0.39 is 0 Å². The molecule has 0 saturated heterocycles. The molecule has 29 heavy (non-hydrogen) atoms. The maximum Gasteiger partial charge on any atom is 0.222 e. The summed E-state index contributed by atoms with van der Waals surface area (Å²) in [7, 11) is 0. The molecular weight excluding hydrogens is 369 g/mol. The van der Waals surface area contributed by atoms with Crippen molar-refractivity contribution in [2.24, 2.45) is 0 Å². The number of allylic oxidation sites excluding steroid dienone is 2. The second kappa shape index (κ2) is 21.9. The second-order valence-electron chi connectivity index (χ2n) is 7.54. The molecule has 0 aliphatic heterocycles. The molecule has 0 bridgehead atoms. The zero-order valence-electron chi connectivity index (χ0n) is 19.0. The van der Waals surface area contributed by atoms with E-state index in [0.717, 1.165) is 18.6 Å². The van der Waals surface area contributed by atoms with Gasteiger partial charge in [-0.2, -0.15) is 0 Å². The van der Waals surface area contributed by atoms with E-state index >= 15 is 0 Å². The number of carbonyl (C=O) groups is 1. The fraction of sp³-hybridized carbons (Fsp3) is 0.640. The summed E-state index contributed by atoms with van der Waals surface area (Å²) in [6.07, 6.45) is 21.9. The minimum atomic E-state index is 0. The van der Waals surface area contributed by atoms with E-state index in [1.807, 2.05) is 30.3 Å². The average Bonchev–Trinajstić information content (AvgIpc) is 2.71. The third-order valence-corrected chi connectivity index (χ3v) is 4.92. The number of hydrogen-bond acceptors (Lipinski definition) is 2. The van der Waals surface area contributed by atoms with Crippen molar-refractivity contribution in [2.45, 2.75) is 96.8 Å². The van der Waals surface area contributed by atoms with E-state index in [0.29, 0.717) is 6.42 Å². The van der Waals surface area contributed by atoms with Gasteiger partial charge in [0.15, 0.2) is 6.73 Å². The zero-order valence-corrected chi connectivity index (χ0v) is 21.0. The number of carbonyl (C=O) groups excluding carboxylic acids is 1. The largest absolute Gasteiger partial charge is 0.473 e. The summed E-state index contributed by atoms with van der Waals surface area (Å²) in [6.45, 7) is 2.51. The van der Waals surface area contributed by atoms with Crippen LogP contribution in [0.25, 0.3) is 0 Å². The van der Waals surface area contributed by atoms with E-state index in [9.17, 15) is 4.79 Å². The summed E-state index contributed by atoms with van der Waals surface area (Å²) in [5, 5.41) is 2.81. The van der Waals surface area contributed by atoms with E-state index in [1.54, 1.807) is 0 Å². The van der Waals surface area contributed by atoms with E-state index in [2.05, 4.69) is 24.4 Å². The monoisotopic (exact) mass is 410 g/mol. The molecule has 1 amide bonds. The normalized spacial score (nSPS) is 10.7. The summed E-state index contributed by atoms with van der Waals surface area (Å²) in [5.41, 5.74) is 0. The van der Waals surface area contributed by atoms with Crippen LogP contribution in [0.2, 0.25) is 0 Å². The number of rotatable bonds is 18. The molecule has 0 atom stereocenters. The van der Waals surface area contributed by atoms with Gasteiger partial charge in [-0.05, 0) is 44.2 Å². The molecule has 0 aromatic heterocycles. The van der Waals surface area contributed by atoms with Crippen LogP contribution in [0.1, 0.15) is 96.8 Å². The molecule has 1 radical (unpaired) electrons. The number of hydrogen-bond donors (Lipinski definition) is 1. The van der Waals surface area contributed by atoms with Gasteiger partial charge in [0.25, 0.3) is 0 Å². The van der Waals surface area contributed by atoms with Crippen molar-refractivity contribution in [1.29, 1.82) is 0 Å². The molecule has 0 saturated carbocycles. The number of nitrogens with one attached hydrogen (secondary N) is 1. The van der Waals surface area contributed by atoms with Gasteiger partial charge in [-0.3, -0.25) is 4.79 Å². The van der Waals surface area contributed by atoms with Gasteiger partial charge in [-0.25, -0.2) is 0 Å². The standard InChI is InChI=1S/C25H41NO2.Na/c1-2-3-4-5-6-7-8-9-10-11-12-13-14-15-19-22-25(27)26-23-28-24-20-17-16-18-21-24;/h9-10,16-18,20-21H,2-8,11-15,19,22-23H2,1H3,(H,26,27);/b10-9-;. The topological polar surface area (TPSA) is 38.3 Å². The molecule has 1 aromatic rings. The van der Waals surface area contributed by atoms with Crippen molar-refractivity contribution >= 4 is 35.5 Å². The molecule has 159 valence electrons. The smallest absolute Gasteiger partial charge is 0.222 e. The van der Waals surface area contributed by atoms with Gasteiger partial charge in [-0.1, -0.05) is 88.6 Å². The molecule has 0 unspecified atom stereocenters. The predicted octanol–water partition coefficient (Wildman–Crippen LogP) is 6.80. The Kier molecular flexibility index (Phi) is 21.3. The number of para-hydroxylation sites is 1. The quantitative estimate of drug-likeness (QED) is 0.125. The second-order valence-corrected chi connectivity index (χ2v) is 7.54. The number of amides is 1. The molecule has 0 aliphatic carbocycles. The molecule has 0 heterocycles. The van der Waals surface area contributed by atoms with Crippen LogP contribution in [0.4, 0.5) is 0 Å². The zero-order chi connectivity index (χ0) is 20.1. The Hall–Kier alpha value is -0.770. The third kappa shape index (κ3) is 19.0. The molecule has 4 heteroatoms. The summed E-state index contributed by atoms with van der Waals surface area (Å²) in [6, 6.07) is 9.55. The minimum absolute atomic E-state index is 0. The van der Waals surface area contributed by atoms with Gasteiger partial charge in [-0.15, -0.1) is 0 Å². The predicted molar refractivity (Wildman–Crippen MR) is 125 cm³/mol. The summed E-state index contributed by atoms with van der Waals surface area (Å²) >= 11 is 0. The molecular formula is C25H41NNaO2. The van der Waals surface area contributed by atoms with E-state index in [-0.39, 0.29) is 42.2 Å². The minimum Gasteiger partial charge on any atom is -0.473 e. The fourth-order valence-electron chi connectivity index (χ4n) is 3.16. The Morgan fingerprint density at radius 1 is 0.828 bits per heavy atom. The van der Waals surface area contributed by atoms with E-state index in [1.165, 1.54) is 70.6 Å². The molecule has 1 rings (SSSR count). The van der Waals surface area contributed by atoms with Crippen molar-refractivity contribution in [3.63, 3.8) is 0 Å². The van der Waals surface area contributed by atoms with Crippen LogP contribution in [-0.4, -0.2) is 42.2 Å². The number of ether oxygens (including phenoxy) is 1. The maximum absolute atomic E-state index is 11.8. The molecule has 1 aromatic carbocycles. The van der Waals surface area contributed by atoms with Gasteiger partial charge in [0.1, 0.15) is 5.75 Å². The van der Waals surface area contributed by atoms with Gasteiger partial charge in [0, 0.05) is 36.0 Å². The molecule has 0 aliphatic rings. The van der Waals surface area contributed by atoms with Crippen molar-refractivity contribution in [1.82, 2.24) is 5.32 Å². The molecule has 3 nitrogen and oxygen atoms in total. The van der Waals surface area contributed by atoms with Crippen LogP contribution in [0.3, 0.4) is 0 Å². The molecule has 0 spiro atoms. The van der Waals surface area contributed by atoms with Gasteiger partial charge in [0.2, 0.25) is 5.91 Å². The van der Waals surface area contributed by atoms with Gasteiger partial charge < -0.3 is 10.1 Å². The van der Waals surface area contributed by atoms with Crippen LogP contribution in [0.15, 0.2) is 42.5 Å². The fourth-order valence-corrected chi connectivity index (χ4v) is 3.16. The molecule has 1 N–H and O–H groups in total. The Balaban J connectivity index is 0.00000784. The van der Waals surface area contributed by atoms with Crippen molar-refractivity contribution < 1.29 is 9.53 Å². The van der Waals surface area contributed by atoms with Crippen molar-refractivity contribution in [2.75, 3.05) is 6.73 Å². The third-order valence-electron chi connectivity index (χ3n) is 4.92. The SMILES string of the molecule is CCCCCCCC/C=C\CCCCCCCC(=O)NCOc1ccccc1.[Na]. The molecule has 0 fully saturated rings. The maximum atomic E-state index is 11.8. The Bertz CT molecular complexity index is 505. The first-order valence-electron chi connectivity index (χ1n) is 11.4. The van der Waals surface area contributed by atoms with E-state index in [4.69, 9.17) is 4.74 Å². The number of benzene rings is 1. The van der Waals surface area contributed by atoms with Crippen LogP contribution in [0.5, 0.6) is 5.75 Å². The van der Waals surface area contributed by atoms with Crippen LogP contribution in [0, 0.1) is 0 Å². The summed E-state index contributed by atoms with van der Waals surface area (Å²) in [5.74, 6) is 0.859. The van der Waals surface area contributed by atoms with Crippen molar-refractivity contribution in [3.8, 4) is 5.75 Å². The Labute approximate surface area is 201 Å². The average molecular weight is 411 g/mol. The Morgan fingerprint density at radius 3 is 2.00 bits per heavy atom. The Morgan fingerprint density at radius 2 is 1.38 bits per heavy atom. The first kappa shape index (κ1) is 28.2. The first-order valence-corrected chi connectivity index (χ1v) is 11.4. The van der Waals surface area contributed by atoms with Crippen LogP contribution in [-0.2, 0) is 4.79 Å². The number of unbranched alkanes of at least 4 members (excludes halogenated alkanes) is 11. The van der Waals surface area contributed by atoms with Gasteiger partial charge in [0.05, 0.1) is 0 Å². The summed E-state index contributed by atoms with van der Waals surface area (Å²) < 4.78 is 5.47. The van der Waals surface area contributed by atoms with Crippen LogP contribution < -0.4 is 10.1 Å². The van der Waals surface area contributed by atoms with Gasteiger partial charge >= 0.3 is 0 Å². The first-order chi connectivity index (χ1) is 13.8. The summed E-state index contributed by atoms with van der Waals surface area (Å²) in [4.78, 5) is 11.8.